The van der Waals surface area contributed by atoms with Crippen molar-refractivity contribution in [2.24, 2.45) is 0 Å². The molecule has 1 saturated heterocycles. The number of anilines is 1. The second-order valence-electron chi connectivity index (χ2n) is 11.7. The van der Waals surface area contributed by atoms with E-state index in [1.54, 1.807) is 17.0 Å². The van der Waals surface area contributed by atoms with Gasteiger partial charge in [-0.15, -0.1) is 0 Å². The number of likely N-dealkylation sites (tertiary alicyclic amines) is 1. The minimum absolute atomic E-state index is 0.0454. The molecule has 2 aliphatic heterocycles. The van der Waals surface area contributed by atoms with Gasteiger partial charge in [-0.05, 0) is 59.7 Å². The van der Waals surface area contributed by atoms with Gasteiger partial charge in [-0.25, -0.2) is 0 Å². The Morgan fingerprint density at radius 3 is 2.41 bits per heavy atom. The monoisotopic (exact) mass is 524 g/mol. The molecule has 6 heteroatoms. The first-order valence-electron chi connectivity index (χ1n) is 13.4. The molecule has 39 heavy (non-hydrogen) atoms. The number of hydrogen-bond acceptors (Lipinski definition) is 5. The number of ether oxygens (including phenoxy) is 1. The number of ketones is 1. The molecule has 0 bridgehead atoms. The van der Waals surface area contributed by atoms with Gasteiger partial charge in [0.1, 0.15) is 18.1 Å². The Morgan fingerprint density at radius 2 is 1.72 bits per heavy atom. The molecule has 202 valence electrons. The fourth-order valence-electron chi connectivity index (χ4n) is 5.36. The predicted molar refractivity (Wildman–Crippen MR) is 154 cm³/mol. The molecule has 0 aliphatic carbocycles. The van der Waals surface area contributed by atoms with E-state index in [0.29, 0.717) is 12.2 Å². The summed E-state index contributed by atoms with van der Waals surface area (Å²) in [5.74, 6) is -0.737. The number of carbonyl (C=O) groups excluding carboxylic acids is 2. The van der Waals surface area contributed by atoms with Crippen molar-refractivity contribution < 1.29 is 19.4 Å². The van der Waals surface area contributed by atoms with E-state index in [0.717, 1.165) is 45.8 Å². The number of likely N-dealkylation sites (N-methyl/N-ethyl adjacent to an activating group) is 1. The molecule has 0 saturated carbocycles. The number of nitrogens with zero attached hydrogens (tertiary/aromatic N) is 2. The van der Waals surface area contributed by atoms with Gasteiger partial charge in [0, 0.05) is 19.2 Å². The second-order valence-corrected chi connectivity index (χ2v) is 11.7. The third-order valence-electron chi connectivity index (χ3n) is 7.81. The van der Waals surface area contributed by atoms with Crippen LogP contribution in [0.15, 0.2) is 66.2 Å². The Balaban J connectivity index is 1.65. The maximum atomic E-state index is 13.6. The molecule has 2 heterocycles. The largest absolute Gasteiger partial charge is 0.507 e. The van der Waals surface area contributed by atoms with Crippen LogP contribution in [0.2, 0.25) is 0 Å². The maximum Gasteiger partial charge on any atom is 0.295 e. The van der Waals surface area contributed by atoms with Crippen LogP contribution in [-0.4, -0.2) is 41.9 Å². The maximum absolute atomic E-state index is 13.6. The van der Waals surface area contributed by atoms with Crippen molar-refractivity contribution >= 4 is 23.1 Å². The van der Waals surface area contributed by atoms with Crippen molar-refractivity contribution in [3.8, 4) is 5.75 Å². The average Bonchev–Trinajstić information content (AvgIpc) is 3.15. The summed E-state index contributed by atoms with van der Waals surface area (Å²) in [7, 11) is 1.96. The third kappa shape index (κ3) is 4.91. The quantitative estimate of drug-likeness (QED) is 0.256. The number of rotatable bonds is 4. The molecule has 1 fully saturated rings. The van der Waals surface area contributed by atoms with Gasteiger partial charge in [-0.1, -0.05) is 68.8 Å². The van der Waals surface area contributed by atoms with Crippen molar-refractivity contribution in [3.63, 3.8) is 0 Å². The fraction of sp³-hybridized carbons (Fsp3) is 0.333. The highest BCUT2D eigenvalue weighted by Crippen LogP contribution is 2.42. The molecule has 0 spiro atoms. The summed E-state index contributed by atoms with van der Waals surface area (Å²) in [5.41, 5.74) is 6.40. The molecule has 0 radical (unpaired) electrons. The van der Waals surface area contributed by atoms with E-state index in [9.17, 15) is 14.7 Å². The molecule has 3 aromatic carbocycles. The summed E-state index contributed by atoms with van der Waals surface area (Å²) in [4.78, 5) is 30.8. The zero-order chi connectivity index (χ0) is 28.1. The average molecular weight is 525 g/mol. The van der Waals surface area contributed by atoms with Gasteiger partial charge in [0.2, 0.25) is 0 Å². The molecular weight excluding hydrogens is 488 g/mol. The van der Waals surface area contributed by atoms with Gasteiger partial charge in [0.15, 0.2) is 0 Å². The molecular formula is C33H36N2O4. The molecule has 0 aromatic heterocycles. The molecule has 1 N–H and O–H groups in total. The van der Waals surface area contributed by atoms with Gasteiger partial charge in [0.25, 0.3) is 11.7 Å². The summed E-state index contributed by atoms with van der Waals surface area (Å²) < 4.78 is 5.76. The lowest BCUT2D eigenvalue weighted by Crippen LogP contribution is -2.29. The number of aliphatic hydroxyl groups excluding tert-OH is 1. The number of Topliss-reactive ketones (excluding diaryl/α,β-unsaturated/α-hetero) is 1. The van der Waals surface area contributed by atoms with E-state index in [1.807, 2.05) is 69.4 Å². The molecule has 1 atom stereocenters. The minimum atomic E-state index is -0.719. The lowest BCUT2D eigenvalue weighted by atomic mass is 9.85. The molecule has 6 nitrogen and oxygen atoms in total. The highest BCUT2D eigenvalue weighted by molar-refractivity contribution is 6.46. The van der Waals surface area contributed by atoms with Crippen LogP contribution >= 0.6 is 0 Å². The Morgan fingerprint density at radius 1 is 1.00 bits per heavy atom. The van der Waals surface area contributed by atoms with E-state index in [-0.39, 0.29) is 23.3 Å². The number of carbonyl (C=O) groups is 2. The smallest absolute Gasteiger partial charge is 0.295 e. The normalized spacial score (nSPS) is 18.8. The Labute approximate surface area is 230 Å². The summed E-state index contributed by atoms with van der Waals surface area (Å²) in [6, 6.07) is 18.8. The van der Waals surface area contributed by atoms with E-state index >= 15 is 0 Å². The first kappa shape index (κ1) is 26.5. The predicted octanol–water partition coefficient (Wildman–Crippen LogP) is 6.05. The number of amides is 1. The van der Waals surface area contributed by atoms with Crippen LogP contribution in [-0.2, 0) is 21.5 Å². The van der Waals surface area contributed by atoms with E-state index in [1.165, 1.54) is 0 Å². The highest BCUT2D eigenvalue weighted by Gasteiger charge is 2.46. The molecule has 1 amide bonds. The SMILES string of the molecule is Cc1ccc(C)c(CN2C(=O)C(=O)/C(=C(\O)c3ccc4c(c3)N(C)CCO4)C2c2ccc(C(C)(C)C)cc2)c1. The number of hydrogen-bond donors (Lipinski definition) is 1. The van der Waals surface area contributed by atoms with Crippen molar-refractivity contribution in [1.82, 2.24) is 4.90 Å². The Bertz CT molecular complexity index is 1480. The van der Waals surface area contributed by atoms with Crippen LogP contribution in [0.1, 0.15) is 60.2 Å². The van der Waals surface area contributed by atoms with Gasteiger partial charge < -0.3 is 19.6 Å². The fourth-order valence-corrected chi connectivity index (χ4v) is 5.36. The number of fused-ring (bicyclic) bond motifs is 1. The van der Waals surface area contributed by atoms with Gasteiger partial charge in [0.05, 0.1) is 23.8 Å². The van der Waals surface area contributed by atoms with Crippen LogP contribution in [0.4, 0.5) is 5.69 Å². The van der Waals surface area contributed by atoms with E-state index in [2.05, 4.69) is 25.7 Å². The van der Waals surface area contributed by atoms with Crippen LogP contribution < -0.4 is 9.64 Å². The van der Waals surface area contributed by atoms with E-state index in [4.69, 9.17) is 4.74 Å². The van der Waals surface area contributed by atoms with E-state index < -0.39 is 17.7 Å². The molecule has 3 aromatic rings. The second kappa shape index (κ2) is 9.92. The lowest BCUT2D eigenvalue weighted by molar-refractivity contribution is -0.140. The third-order valence-corrected chi connectivity index (χ3v) is 7.81. The van der Waals surface area contributed by atoms with Crippen LogP contribution in [0.25, 0.3) is 5.76 Å². The standard InChI is InChI=1S/C33H36N2O4/c1-20-7-8-21(2)24(17-20)19-35-29(22-9-12-25(13-10-22)33(3,4)5)28(31(37)32(35)38)30(36)23-11-14-27-26(18-23)34(6)15-16-39-27/h7-14,17-18,29,36H,15-16,19H2,1-6H3/b30-28-. The summed E-state index contributed by atoms with van der Waals surface area (Å²) in [6.07, 6.45) is 0. The summed E-state index contributed by atoms with van der Waals surface area (Å²) >= 11 is 0. The van der Waals surface area contributed by atoms with Crippen molar-refractivity contribution in [3.05, 3.63) is 99.6 Å². The first-order valence-corrected chi connectivity index (χ1v) is 13.4. The van der Waals surface area contributed by atoms with Gasteiger partial charge in [-0.3, -0.25) is 9.59 Å². The highest BCUT2D eigenvalue weighted by atomic mass is 16.5. The number of aliphatic hydroxyl groups is 1. The zero-order valence-electron chi connectivity index (χ0n) is 23.5. The van der Waals surface area contributed by atoms with Crippen molar-refractivity contribution in [2.75, 3.05) is 25.1 Å². The Hall–Kier alpha value is -4.06. The van der Waals surface area contributed by atoms with Crippen LogP contribution in [0.5, 0.6) is 5.75 Å². The van der Waals surface area contributed by atoms with Crippen molar-refractivity contribution in [2.45, 2.75) is 52.6 Å². The van der Waals surface area contributed by atoms with Crippen LogP contribution in [0, 0.1) is 13.8 Å². The number of aryl methyl sites for hydroxylation is 2. The van der Waals surface area contributed by atoms with Gasteiger partial charge in [-0.2, -0.15) is 0 Å². The first-order chi connectivity index (χ1) is 18.5. The summed E-state index contributed by atoms with van der Waals surface area (Å²) in [5, 5.41) is 11.6. The molecule has 2 aliphatic rings. The number of benzene rings is 3. The van der Waals surface area contributed by atoms with Crippen molar-refractivity contribution in [1.29, 1.82) is 0 Å². The Kier molecular flexibility index (Phi) is 6.75. The van der Waals surface area contributed by atoms with Gasteiger partial charge >= 0.3 is 0 Å². The topological polar surface area (TPSA) is 70.1 Å². The molecule has 5 rings (SSSR count). The van der Waals surface area contributed by atoms with Crippen LogP contribution in [0.3, 0.4) is 0 Å². The summed E-state index contributed by atoms with van der Waals surface area (Å²) in [6.45, 7) is 12.0. The molecule has 1 unspecified atom stereocenters. The minimum Gasteiger partial charge on any atom is -0.507 e. The lowest BCUT2D eigenvalue weighted by Gasteiger charge is -2.28. The zero-order valence-corrected chi connectivity index (χ0v) is 23.5.